The molecule has 194 valence electrons. The van der Waals surface area contributed by atoms with Crippen LogP contribution in [0.2, 0.25) is 0 Å². The lowest BCUT2D eigenvalue weighted by atomic mass is 9.94. The van der Waals surface area contributed by atoms with Crippen LogP contribution in [0.5, 0.6) is 0 Å². The summed E-state index contributed by atoms with van der Waals surface area (Å²) >= 11 is 0. The third kappa shape index (κ3) is 4.77. The van der Waals surface area contributed by atoms with Gasteiger partial charge in [0, 0.05) is 44.2 Å². The quantitative estimate of drug-likeness (QED) is 0.501. The summed E-state index contributed by atoms with van der Waals surface area (Å²) in [5.74, 6) is 0.104. The molecule has 2 amide bonds. The number of rotatable bonds is 8. The summed E-state index contributed by atoms with van der Waals surface area (Å²) in [4.78, 5) is 34.1. The Bertz CT molecular complexity index is 1240. The van der Waals surface area contributed by atoms with Gasteiger partial charge >= 0.3 is 0 Å². The second kappa shape index (κ2) is 10.3. The second-order valence-corrected chi connectivity index (χ2v) is 11.0. The lowest BCUT2D eigenvalue weighted by molar-refractivity contribution is -0.143. The van der Waals surface area contributed by atoms with Gasteiger partial charge in [0.05, 0.1) is 29.3 Å². The van der Waals surface area contributed by atoms with Crippen LogP contribution in [0.4, 0.5) is 0 Å². The first-order valence-corrected chi connectivity index (χ1v) is 13.9. The summed E-state index contributed by atoms with van der Waals surface area (Å²) in [5, 5.41) is 3.34. The Hall–Kier alpha value is -3.19. The van der Waals surface area contributed by atoms with Crippen molar-refractivity contribution in [2.75, 3.05) is 19.6 Å². The molecule has 3 saturated heterocycles. The Balaban J connectivity index is 1.10. The number of fused-ring (bicyclic) bond motifs is 3. The van der Waals surface area contributed by atoms with E-state index < -0.39 is 0 Å². The molecule has 3 aliphatic heterocycles. The predicted molar refractivity (Wildman–Crippen MR) is 144 cm³/mol. The second-order valence-electron chi connectivity index (χ2n) is 11.0. The van der Waals surface area contributed by atoms with Crippen molar-refractivity contribution in [1.29, 1.82) is 0 Å². The topological polar surface area (TPSA) is 70.5 Å². The van der Waals surface area contributed by atoms with Crippen molar-refractivity contribution in [2.24, 2.45) is 5.92 Å². The van der Waals surface area contributed by atoms with Crippen molar-refractivity contribution >= 4 is 22.8 Å². The third-order valence-electron chi connectivity index (χ3n) is 8.84. The Kier molecular flexibility index (Phi) is 6.72. The number of para-hydroxylation sites is 2. The lowest BCUT2D eigenvalue weighted by Gasteiger charge is -2.41. The SMILES string of the molecule is CCC(=O)N1CC(C(=O)N[C@@H](CCN2C3CCC2CC(n2cnc4ccccc42)C3)c2ccccc2)C1. The molecular formula is C30H37N5O2. The highest BCUT2D eigenvalue weighted by Crippen LogP contribution is 2.42. The van der Waals surface area contributed by atoms with Gasteiger partial charge in [-0.2, -0.15) is 0 Å². The molecule has 2 bridgehead atoms. The highest BCUT2D eigenvalue weighted by molar-refractivity contribution is 5.84. The van der Waals surface area contributed by atoms with Gasteiger partial charge in [0.1, 0.15) is 0 Å². The number of aromatic nitrogens is 2. The normalized spacial score (nSPS) is 24.7. The van der Waals surface area contributed by atoms with Crippen molar-refractivity contribution in [3.63, 3.8) is 0 Å². The summed E-state index contributed by atoms with van der Waals surface area (Å²) in [6.45, 7) is 3.94. The Morgan fingerprint density at radius 3 is 2.41 bits per heavy atom. The van der Waals surface area contributed by atoms with Gasteiger partial charge in [-0.3, -0.25) is 14.5 Å². The first kappa shape index (κ1) is 24.2. The molecule has 1 N–H and O–H groups in total. The number of amides is 2. The smallest absolute Gasteiger partial charge is 0.227 e. The standard InChI is InChI=1S/C30H37N5O2/c1-2-29(36)33-18-22(19-33)30(37)32-26(21-8-4-3-5-9-21)14-15-34-23-12-13-24(34)17-25(16-23)35-20-31-27-10-6-7-11-28(27)35/h3-11,20,22-26H,2,12-19H2,1H3,(H,32,37)/t23?,24?,25?,26-/m0/s1. The number of carbonyl (C=O) groups is 2. The van der Waals surface area contributed by atoms with Crippen LogP contribution in [0.3, 0.4) is 0 Å². The summed E-state index contributed by atoms with van der Waals surface area (Å²) in [5.41, 5.74) is 3.47. The number of nitrogens with zero attached hydrogens (tertiary/aromatic N) is 4. The molecule has 3 fully saturated rings. The van der Waals surface area contributed by atoms with Crippen LogP contribution in [0.25, 0.3) is 11.0 Å². The fourth-order valence-corrected chi connectivity index (χ4v) is 6.75. The zero-order valence-electron chi connectivity index (χ0n) is 21.6. The Morgan fingerprint density at radius 1 is 0.973 bits per heavy atom. The minimum absolute atomic E-state index is 0.0145. The molecule has 0 radical (unpaired) electrons. The van der Waals surface area contributed by atoms with Crippen LogP contribution in [0.1, 0.15) is 63.1 Å². The highest BCUT2D eigenvalue weighted by atomic mass is 16.2. The number of benzene rings is 2. The molecule has 2 unspecified atom stereocenters. The van der Waals surface area contributed by atoms with Crippen molar-refractivity contribution in [3.8, 4) is 0 Å². The fourth-order valence-electron chi connectivity index (χ4n) is 6.75. The first-order valence-electron chi connectivity index (χ1n) is 13.9. The first-order chi connectivity index (χ1) is 18.1. The summed E-state index contributed by atoms with van der Waals surface area (Å²) < 4.78 is 2.40. The fraction of sp³-hybridized carbons (Fsp3) is 0.500. The maximum absolute atomic E-state index is 13.1. The van der Waals surface area contributed by atoms with Crippen molar-refractivity contribution in [2.45, 2.75) is 69.6 Å². The van der Waals surface area contributed by atoms with Gasteiger partial charge in [-0.1, -0.05) is 49.4 Å². The zero-order valence-corrected chi connectivity index (χ0v) is 21.6. The molecular weight excluding hydrogens is 462 g/mol. The molecule has 0 aliphatic carbocycles. The van der Waals surface area contributed by atoms with Gasteiger partial charge in [0.15, 0.2) is 0 Å². The minimum Gasteiger partial charge on any atom is -0.349 e. The molecule has 1 aromatic heterocycles. The van der Waals surface area contributed by atoms with Crippen LogP contribution in [-0.4, -0.2) is 62.9 Å². The molecule has 0 spiro atoms. The van der Waals surface area contributed by atoms with E-state index in [1.807, 2.05) is 31.5 Å². The Morgan fingerprint density at radius 2 is 1.68 bits per heavy atom. The van der Waals surface area contributed by atoms with E-state index in [0.717, 1.165) is 36.9 Å². The van der Waals surface area contributed by atoms with Crippen LogP contribution in [0.15, 0.2) is 60.9 Å². The van der Waals surface area contributed by atoms with Gasteiger partial charge in [-0.05, 0) is 49.8 Å². The zero-order chi connectivity index (χ0) is 25.4. The van der Waals surface area contributed by atoms with Crippen molar-refractivity contribution in [3.05, 3.63) is 66.5 Å². The van der Waals surface area contributed by atoms with E-state index in [4.69, 9.17) is 0 Å². The number of hydrogen-bond donors (Lipinski definition) is 1. The van der Waals surface area contributed by atoms with E-state index in [0.29, 0.717) is 37.6 Å². The van der Waals surface area contributed by atoms with E-state index >= 15 is 0 Å². The summed E-state index contributed by atoms with van der Waals surface area (Å²) in [6, 6.07) is 20.4. The average Bonchev–Trinajstić information content (AvgIpc) is 3.43. The molecule has 3 atom stereocenters. The van der Waals surface area contributed by atoms with Gasteiger partial charge in [0.2, 0.25) is 11.8 Å². The van der Waals surface area contributed by atoms with E-state index in [9.17, 15) is 9.59 Å². The van der Waals surface area contributed by atoms with Gasteiger partial charge in [-0.15, -0.1) is 0 Å². The molecule has 2 aromatic carbocycles. The highest BCUT2D eigenvalue weighted by Gasteiger charge is 2.42. The van der Waals surface area contributed by atoms with E-state index in [-0.39, 0.29) is 23.8 Å². The van der Waals surface area contributed by atoms with E-state index in [1.165, 1.54) is 18.4 Å². The number of carbonyl (C=O) groups excluding carboxylic acids is 2. The number of nitrogens with one attached hydrogen (secondary N) is 1. The van der Waals surface area contributed by atoms with Crippen LogP contribution < -0.4 is 5.32 Å². The maximum Gasteiger partial charge on any atom is 0.227 e. The molecule has 6 rings (SSSR count). The predicted octanol–water partition coefficient (Wildman–Crippen LogP) is 4.32. The van der Waals surface area contributed by atoms with Crippen molar-refractivity contribution < 1.29 is 9.59 Å². The van der Waals surface area contributed by atoms with E-state index in [2.05, 4.69) is 56.2 Å². The maximum atomic E-state index is 13.1. The number of imidazole rings is 1. The molecule has 37 heavy (non-hydrogen) atoms. The van der Waals surface area contributed by atoms with Gasteiger partial charge in [0.25, 0.3) is 0 Å². The largest absolute Gasteiger partial charge is 0.349 e. The minimum atomic E-state index is -0.0985. The van der Waals surface area contributed by atoms with Crippen LogP contribution in [-0.2, 0) is 9.59 Å². The molecule has 7 nitrogen and oxygen atoms in total. The summed E-state index contributed by atoms with van der Waals surface area (Å²) in [7, 11) is 0. The van der Waals surface area contributed by atoms with Crippen molar-refractivity contribution in [1.82, 2.24) is 24.7 Å². The molecule has 3 aliphatic rings. The summed E-state index contributed by atoms with van der Waals surface area (Å²) in [6.07, 6.45) is 8.23. The lowest BCUT2D eigenvalue weighted by Crippen LogP contribution is -2.56. The van der Waals surface area contributed by atoms with Gasteiger partial charge in [-0.25, -0.2) is 4.98 Å². The molecule has 4 heterocycles. The van der Waals surface area contributed by atoms with Gasteiger partial charge < -0.3 is 14.8 Å². The average molecular weight is 500 g/mol. The Labute approximate surface area is 218 Å². The molecule has 3 aromatic rings. The van der Waals surface area contributed by atoms with E-state index in [1.54, 1.807) is 4.90 Å². The number of piperidine rings is 1. The number of likely N-dealkylation sites (tertiary alicyclic amines) is 1. The molecule has 0 saturated carbocycles. The van der Waals surface area contributed by atoms with Crippen LogP contribution >= 0.6 is 0 Å². The number of hydrogen-bond acceptors (Lipinski definition) is 4. The monoisotopic (exact) mass is 499 g/mol. The van der Waals surface area contributed by atoms with Crippen LogP contribution in [0, 0.1) is 5.92 Å². The third-order valence-corrected chi connectivity index (χ3v) is 8.84. The molecule has 7 heteroatoms.